The second kappa shape index (κ2) is 6.31. The second-order valence-electron chi connectivity index (χ2n) is 3.61. The molecule has 0 aromatic rings. The standard InChI is InChI=1S/C10H20N4O/c1-4-5-7(14-3)6(2)8(11)9(15)10(12)13/h4,6-9,15H,1,3,5,11H2,2H3,(H3,12,13)/t6-,7-,8+,9-/m1/s1. The molecule has 4 atom stereocenters. The van der Waals surface area contributed by atoms with Crippen LogP contribution >= 0.6 is 0 Å². The Morgan fingerprint density at radius 1 is 1.67 bits per heavy atom. The Bertz CT molecular complexity index is 242. The summed E-state index contributed by atoms with van der Waals surface area (Å²) < 4.78 is 0. The maximum Gasteiger partial charge on any atom is 0.126 e. The lowest BCUT2D eigenvalue weighted by atomic mass is 9.88. The summed E-state index contributed by atoms with van der Waals surface area (Å²) in [6.45, 7) is 8.93. The van der Waals surface area contributed by atoms with E-state index in [2.05, 4.69) is 18.3 Å². The van der Waals surface area contributed by atoms with Crippen LogP contribution in [-0.4, -0.2) is 35.8 Å². The van der Waals surface area contributed by atoms with Crippen molar-refractivity contribution in [2.75, 3.05) is 0 Å². The van der Waals surface area contributed by atoms with E-state index in [1.807, 2.05) is 6.92 Å². The number of aliphatic hydroxyl groups excluding tert-OH is 1. The van der Waals surface area contributed by atoms with Gasteiger partial charge in [0.05, 0.1) is 6.04 Å². The molecule has 0 radical (unpaired) electrons. The van der Waals surface area contributed by atoms with Crippen LogP contribution in [-0.2, 0) is 0 Å². The number of aliphatic imine (C=N–C) groups is 1. The number of nitrogens with zero attached hydrogens (tertiary/aromatic N) is 1. The Hall–Kier alpha value is -1.20. The molecule has 0 heterocycles. The highest BCUT2D eigenvalue weighted by atomic mass is 16.3. The number of rotatable bonds is 7. The van der Waals surface area contributed by atoms with E-state index in [4.69, 9.17) is 16.9 Å². The van der Waals surface area contributed by atoms with E-state index in [0.717, 1.165) is 0 Å². The molecule has 0 bridgehead atoms. The minimum atomic E-state index is -1.13. The Morgan fingerprint density at radius 2 is 2.20 bits per heavy atom. The summed E-state index contributed by atoms with van der Waals surface area (Å²) in [5.74, 6) is -0.435. The topological polar surface area (TPSA) is 108 Å². The summed E-state index contributed by atoms with van der Waals surface area (Å²) in [6, 6.07) is -0.718. The molecule has 15 heavy (non-hydrogen) atoms. The third-order valence-corrected chi connectivity index (χ3v) is 2.54. The molecule has 0 amide bonds. The molecule has 0 aliphatic heterocycles. The number of aliphatic hydroxyl groups is 1. The molecule has 0 unspecified atom stereocenters. The Balaban J connectivity index is 4.51. The van der Waals surface area contributed by atoms with Crippen LogP contribution in [0.4, 0.5) is 0 Å². The van der Waals surface area contributed by atoms with Gasteiger partial charge in [0.2, 0.25) is 0 Å². The highest BCUT2D eigenvalue weighted by Crippen LogP contribution is 2.16. The van der Waals surface area contributed by atoms with Crippen LogP contribution in [0.5, 0.6) is 0 Å². The average molecular weight is 212 g/mol. The molecule has 5 heteroatoms. The normalized spacial score (nSPS) is 18.6. The summed E-state index contributed by atoms with van der Waals surface area (Å²) in [5, 5.41) is 16.6. The van der Waals surface area contributed by atoms with Crippen molar-refractivity contribution in [3.05, 3.63) is 12.7 Å². The molecule has 0 saturated heterocycles. The van der Waals surface area contributed by atoms with E-state index < -0.39 is 12.1 Å². The van der Waals surface area contributed by atoms with Crippen molar-refractivity contribution in [3.8, 4) is 0 Å². The molecule has 0 spiro atoms. The van der Waals surface area contributed by atoms with Crippen molar-refractivity contribution >= 4 is 12.6 Å². The SMILES string of the molecule is C=CC[C@@H](N=C)[C@@H](C)[C@H](N)[C@@H](O)C(=N)N. The van der Waals surface area contributed by atoms with Gasteiger partial charge in [-0.1, -0.05) is 13.0 Å². The van der Waals surface area contributed by atoms with Crippen molar-refractivity contribution in [3.63, 3.8) is 0 Å². The van der Waals surface area contributed by atoms with Crippen molar-refractivity contribution < 1.29 is 5.11 Å². The smallest absolute Gasteiger partial charge is 0.126 e. The molecule has 0 aromatic heterocycles. The Kier molecular flexibility index (Phi) is 5.81. The van der Waals surface area contributed by atoms with E-state index in [0.29, 0.717) is 6.42 Å². The van der Waals surface area contributed by atoms with Crippen molar-refractivity contribution in [2.45, 2.75) is 31.5 Å². The van der Waals surface area contributed by atoms with E-state index in [9.17, 15) is 5.11 Å². The van der Waals surface area contributed by atoms with Gasteiger partial charge in [0.1, 0.15) is 11.9 Å². The van der Waals surface area contributed by atoms with E-state index >= 15 is 0 Å². The molecular weight excluding hydrogens is 192 g/mol. The molecule has 5 nitrogen and oxygen atoms in total. The third-order valence-electron chi connectivity index (χ3n) is 2.54. The Labute approximate surface area is 90.4 Å². The van der Waals surface area contributed by atoms with Gasteiger partial charge in [0.25, 0.3) is 0 Å². The lowest BCUT2D eigenvalue weighted by molar-refractivity contribution is 0.168. The molecule has 86 valence electrons. The van der Waals surface area contributed by atoms with Crippen molar-refractivity contribution in [1.29, 1.82) is 5.41 Å². The van der Waals surface area contributed by atoms with Gasteiger partial charge in [-0.2, -0.15) is 0 Å². The maximum absolute atomic E-state index is 9.52. The quantitative estimate of drug-likeness (QED) is 0.268. The minimum Gasteiger partial charge on any atom is -0.385 e. The van der Waals surface area contributed by atoms with E-state index in [-0.39, 0.29) is 17.8 Å². The average Bonchev–Trinajstić information content (AvgIpc) is 2.22. The predicted octanol–water partition coefficient (Wildman–Crippen LogP) is -0.108. The lowest BCUT2D eigenvalue weighted by Gasteiger charge is -2.28. The fraction of sp³-hybridized carbons (Fsp3) is 0.600. The highest BCUT2D eigenvalue weighted by molar-refractivity contribution is 5.82. The van der Waals surface area contributed by atoms with Gasteiger partial charge in [-0.05, 0) is 19.1 Å². The van der Waals surface area contributed by atoms with Crippen LogP contribution in [0.1, 0.15) is 13.3 Å². The zero-order chi connectivity index (χ0) is 12.0. The van der Waals surface area contributed by atoms with Gasteiger partial charge in [0.15, 0.2) is 0 Å². The zero-order valence-electron chi connectivity index (χ0n) is 9.06. The zero-order valence-corrected chi connectivity index (χ0v) is 9.06. The van der Waals surface area contributed by atoms with Crippen LogP contribution in [0.15, 0.2) is 17.6 Å². The van der Waals surface area contributed by atoms with Crippen molar-refractivity contribution in [2.24, 2.45) is 22.4 Å². The maximum atomic E-state index is 9.52. The van der Waals surface area contributed by atoms with Crippen LogP contribution in [0, 0.1) is 11.3 Å². The highest BCUT2D eigenvalue weighted by Gasteiger charge is 2.28. The van der Waals surface area contributed by atoms with Gasteiger partial charge in [-0.25, -0.2) is 0 Å². The monoisotopic (exact) mass is 212 g/mol. The van der Waals surface area contributed by atoms with E-state index in [1.165, 1.54) is 0 Å². The van der Waals surface area contributed by atoms with Crippen LogP contribution in [0.3, 0.4) is 0 Å². The molecule has 0 saturated carbocycles. The number of hydrogen-bond acceptors (Lipinski definition) is 4. The van der Waals surface area contributed by atoms with Crippen LogP contribution in [0.2, 0.25) is 0 Å². The van der Waals surface area contributed by atoms with Crippen molar-refractivity contribution in [1.82, 2.24) is 0 Å². The summed E-state index contributed by atoms with van der Waals surface area (Å²) in [6.07, 6.45) is 1.24. The molecule has 0 fully saturated rings. The number of amidine groups is 1. The van der Waals surface area contributed by atoms with Gasteiger partial charge in [-0.15, -0.1) is 6.58 Å². The molecule has 0 aliphatic carbocycles. The predicted molar refractivity (Wildman–Crippen MR) is 63.2 cm³/mol. The van der Waals surface area contributed by atoms with Gasteiger partial charge < -0.3 is 16.6 Å². The molecular formula is C10H20N4O. The van der Waals surface area contributed by atoms with E-state index in [1.54, 1.807) is 6.08 Å². The fourth-order valence-corrected chi connectivity index (χ4v) is 1.38. The number of hydrogen-bond donors (Lipinski definition) is 4. The second-order valence-corrected chi connectivity index (χ2v) is 3.61. The summed E-state index contributed by atoms with van der Waals surface area (Å²) in [4.78, 5) is 3.92. The first kappa shape index (κ1) is 13.8. The van der Waals surface area contributed by atoms with Gasteiger partial charge in [0, 0.05) is 6.04 Å². The largest absolute Gasteiger partial charge is 0.385 e. The molecule has 0 aromatic carbocycles. The third kappa shape index (κ3) is 3.81. The first-order chi connectivity index (χ1) is 6.95. The summed E-state index contributed by atoms with van der Waals surface area (Å²) in [7, 11) is 0. The van der Waals surface area contributed by atoms with Gasteiger partial charge in [-0.3, -0.25) is 10.4 Å². The molecule has 0 rings (SSSR count). The first-order valence-corrected chi connectivity index (χ1v) is 4.80. The number of nitrogens with two attached hydrogens (primary N) is 2. The lowest BCUT2D eigenvalue weighted by Crippen LogP contribution is -2.50. The molecule has 6 N–H and O–H groups in total. The minimum absolute atomic E-state index is 0.105. The van der Waals surface area contributed by atoms with Gasteiger partial charge >= 0.3 is 0 Å². The van der Waals surface area contributed by atoms with Crippen LogP contribution in [0.25, 0.3) is 0 Å². The fourth-order valence-electron chi connectivity index (χ4n) is 1.38. The molecule has 0 aliphatic rings. The first-order valence-electron chi connectivity index (χ1n) is 4.80. The number of nitrogens with one attached hydrogen (secondary N) is 1. The summed E-state index contributed by atoms with van der Waals surface area (Å²) >= 11 is 0. The Morgan fingerprint density at radius 3 is 2.53 bits per heavy atom. The van der Waals surface area contributed by atoms with Crippen LogP contribution < -0.4 is 11.5 Å². The summed E-state index contributed by atoms with van der Waals surface area (Å²) in [5.41, 5.74) is 11.0.